The summed E-state index contributed by atoms with van der Waals surface area (Å²) in [4.78, 5) is 26.6. The molecular formula is C16H27N3O5. The number of carboxylic acid groups (broad SMARTS) is 2. The van der Waals surface area contributed by atoms with Crippen LogP contribution < -0.4 is 0 Å². The molecule has 0 unspecified atom stereocenters. The van der Waals surface area contributed by atoms with Gasteiger partial charge in [0, 0.05) is 32.0 Å². The molecule has 0 bridgehead atoms. The molecule has 1 aliphatic heterocycles. The van der Waals surface area contributed by atoms with Crippen LogP contribution in [0.2, 0.25) is 0 Å². The zero-order valence-corrected chi connectivity index (χ0v) is 14.3. The van der Waals surface area contributed by atoms with Gasteiger partial charge in [-0.3, -0.25) is 14.5 Å². The fraction of sp³-hybridized carbons (Fsp3) is 0.688. The summed E-state index contributed by atoms with van der Waals surface area (Å²) in [6.07, 6.45) is 4.69. The summed E-state index contributed by atoms with van der Waals surface area (Å²) in [5.41, 5.74) is -1.05. The average molecular weight is 341 g/mol. The molecule has 8 heteroatoms. The van der Waals surface area contributed by atoms with Crippen LogP contribution in [0.25, 0.3) is 0 Å². The van der Waals surface area contributed by atoms with Gasteiger partial charge in [0.25, 0.3) is 6.47 Å². The number of nitrogens with zero attached hydrogens (tertiary/aromatic N) is 3. The largest absolute Gasteiger partial charge is 0.483 e. The van der Waals surface area contributed by atoms with Crippen LogP contribution in [0.1, 0.15) is 38.9 Å². The first-order chi connectivity index (χ1) is 11.4. The number of carbonyl (C=O) groups is 2. The van der Waals surface area contributed by atoms with Crippen LogP contribution in [0.15, 0.2) is 12.4 Å². The third-order valence-electron chi connectivity index (χ3n) is 4.49. The number of aliphatic carboxylic acids is 1. The quantitative estimate of drug-likeness (QED) is 0.662. The van der Waals surface area contributed by atoms with Gasteiger partial charge in [-0.15, -0.1) is 0 Å². The molecule has 1 aliphatic rings. The van der Waals surface area contributed by atoms with Gasteiger partial charge in [0.1, 0.15) is 11.2 Å². The summed E-state index contributed by atoms with van der Waals surface area (Å²) in [6, 6.07) is 0. The highest BCUT2D eigenvalue weighted by Gasteiger charge is 2.48. The maximum absolute atomic E-state index is 11.7. The van der Waals surface area contributed by atoms with E-state index in [2.05, 4.69) is 21.4 Å². The van der Waals surface area contributed by atoms with Gasteiger partial charge >= 0.3 is 5.97 Å². The normalized spacial score (nSPS) is 24.0. The van der Waals surface area contributed by atoms with Crippen molar-refractivity contribution in [1.29, 1.82) is 0 Å². The van der Waals surface area contributed by atoms with Gasteiger partial charge in [-0.05, 0) is 19.8 Å². The van der Waals surface area contributed by atoms with E-state index in [1.807, 2.05) is 13.1 Å². The maximum Gasteiger partial charge on any atom is 0.313 e. The van der Waals surface area contributed by atoms with Crippen molar-refractivity contribution in [2.24, 2.45) is 5.41 Å². The Hall–Kier alpha value is -1.93. The number of hydrogen-bond acceptors (Lipinski definition) is 5. The average Bonchev–Trinajstić information content (AvgIpc) is 2.98. The molecule has 2 rings (SSSR count). The smallest absolute Gasteiger partial charge is 0.313 e. The molecule has 1 aromatic heterocycles. The number of piperidine rings is 1. The fourth-order valence-corrected chi connectivity index (χ4v) is 3.29. The number of carboxylic acids is 1. The first kappa shape index (κ1) is 20.1. The van der Waals surface area contributed by atoms with E-state index in [1.165, 1.54) is 0 Å². The molecule has 0 aromatic carbocycles. The molecule has 2 heterocycles. The Bertz CT molecular complexity index is 534. The Balaban J connectivity index is 0.000000891. The van der Waals surface area contributed by atoms with Crippen molar-refractivity contribution in [3.63, 3.8) is 0 Å². The molecule has 0 aliphatic carbocycles. The lowest BCUT2D eigenvalue weighted by Crippen LogP contribution is -2.55. The van der Waals surface area contributed by atoms with E-state index in [0.29, 0.717) is 32.5 Å². The number of imidazole rings is 1. The molecule has 136 valence electrons. The topological polar surface area (TPSA) is 116 Å². The number of likely N-dealkylation sites (tertiary alicyclic amines) is 1. The summed E-state index contributed by atoms with van der Waals surface area (Å²) in [7, 11) is 0. The molecular weight excluding hydrogens is 314 g/mol. The molecule has 0 amide bonds. The summed E-state index contributed by atoms with van der Waals surface area (Å²) in [6.45, 7) is 6.34. The lowest BCUT2D eigenvalue weighted by atomic mass is 9.74. The fourth-order valence-electron chi connectivity index (χ4n) is 3.29. The minimum Gasteiger partial charge on any atom is -0.483 e. The van der Waals surface area contributed by atoms with Crippen LogP contribution in [0.3, 0.4) is 0 Å². The van der Waals surface area contributed by atoms with Crippen LogP contribution in [0.5, 0.6) is 0 Å². The van der Waals surface area contributed by atoms with E-state index in [9.17, 15) is 15.0 Å². The minimum atomic E-state index is -1.05. The molecule has 8 nitrogen and oxygen atoms in total. The van der Waals surface area contributed by atoms with E-state index >= 15 is 0 Å². The Morgan fingerprint density at radius 2 is 2.17 bits per heavy atom. The van der Waals surface area contributed by atoms with Crippen molar-refractivity contribution in [3.8, 4) is 0 Å². The van der Waals surface area contributed by atoms with Gasteiger partial charge in [0.2, 0.25) is 0 Å². The molecule has 2 atom stereocenters. The van der Waals surface area contributed by atoms with Gasteiger partial charge in [0.15, 0.2) is 0 Å². The third-order valence-corrected chi connectivity index (χ3v) is 4.49. The Kier molecular flexibility index (Phi) is 7.87. The Morgan fingerprint density at radius 1 is 1.50 bits per heavy atom. The van der Waals surface area contributed by atoms with Gasteiger partial charge in [0.05, 0.1) is 12.6 Å². The Morgan fingerprint density at radius 3 is 2.71 bits per heavy atom. The van der Waals surface area contributed by atoms with E-state index in [4.69, 9.17) is 9.90 Å². The van der Waals surface area contributed by atoms with Crippen molar-refractivity contribution in [2.75, 3.05) is 13.1 Å². The van der Waals surface area contributed by atoms with Gasteiger partial charge in [-0.1, -0.05) is 13.3 Å². The summed E-state index contributed by atoms with van der Waals surface area (Å²) in [5.74, 6) is 0.0602. The van der Waals surface area contributed by atoms with Gasteiger partial charge < -0.3 is 19.9 Å². The lowest BCUT2D eigenvalue weighted by molar-refractivity contribution is -0.164. The standard InChI is InChI=1S/C15H25N3O3.CH2O2/c1-3-6-15(14(20)21)11-17(8-5-12(15)19)10-13-16-7-9-18(13)4-2;2-1-3/h7,9,12,19H,3-6,8,10-11H2,1-2H3,(H,20,21);1H,(H,2,3)/t12-,15+;/m0./s1. The van der Waals surface area contributed by atoms with E-state index in [0.717, 1.165) is 18.8 Å². The molecule has 1 fully saturated rings. The number of aryl methyl sites for hydroxylation is 1. The summed E-state index contributed by atoms with van der Waals surface area (Å²) in [5, 5.41) is 26.8. The predicted octanol–water partition coefficient (Wildman–Crippen LogP) is 1.04. The summed E-state index contributed by atoms with van der Waals surface area (Å²) < 4.78 is 2.06. The van der Waals surface area contributed by atoms with Crippen molar-refractivity contribution < 1.29 is 24.9 Å². The lowest BCUT2D eigenvalue weighted by Gasteiger charge is -2.43. The first-order valence-corrected chi connectivity index (χ1v) is 8.16. The van der Waals surface area contributed by atoms with Crippen LogP contribution in [0.4, 0.5) is 0 Å². The SMILES string of the molecule is CCC[C@@]1(C(=O)O)CN(Cc2nccn2CC)CC[C@@H]1O.O=CO. The van der Waals surface area contributed by atoms with Crippen LogP contribution >= 0.6 is 0 Å². The first-order valence-electron chi connectivity index (χ1n) is 8.16. The third kappa shape index (κ3) is 4.55. The van der Waals surface area contributed by atoms with E-state index < -0.39 is 17.5 Å². The van der Waals surface area contributed by atoms with E-state index in [-0.39, 0.29) is 6.47 Å². The highest BCUT2D eigenvalue weighted by atomic mass is 16.4. The van der Waals surface area contributed by atoms with E-state index in [1.54, 1.807) is 6.20 Å². The molecule has 0 radical (unpaired) electrons. The molecule has 1 saturated heterocycles. The van der Waals surface area contributed by atoms with Crippen molar-refractivity contribution >= 4 is 12.4 Å². The highest BCUT2D eigenvalue weighted by Crippen LogP contribution is 2.35. The number of aliphatic hydroxyl groups is 1. The zero-order chi connectivity index (χ0) is 18.2. The Labute approximate surface area is 141 Å². The van der Waals surface area contributed by atoms with Crippen LogP contribution in [-0.4, -0.2) is 61.4 Å². The molecule has 24 heavy (non-hydrogen) atoms. The minimum absolute atomic E-state index is 0.250. The highest BCUT2D eigenvalue weighted by molar-refractivity contribution is 5.76. The second kappa shape index (κ2) is 9.39. The summed E-state index contributed by atoms with van der Waals surface area (Å²) >= 11 is 0. The van der Waals surface area contributed by atoms with Crippen LogP contribution in [-0.2, 0) is 22.7 Å². The number of hydrogen-bond donors (Lipinski definition) is 3. The number of aromatic nitrogens is 2. The zero-order valence-electron chi connectivity index (χ0n) is 14.3. The van der Waals surface area contributed by atoms with Gasteiger partial charge in [-0.2, -0.15) is 0 Å². The maximum atomic E-state index is 11.7. The second-order valence-corrected chi connectivity index (χ2v) is 5.96. The molecule has 0 spiro atoms. The van der Waals surface area contributed by atoms with Crippen molar-refractivity contribution in [3.05, 3.63) is 18.2 Å². The van der Waals surface area contributed by atoms with Crippen molar-refractivity contribution in [2.45, 2.75) is 52.3 Å². The number of rotatable bonds is 6. The predicted molar refractivity (Wildman–Crippen MR) is 87.5 cm³/mol. The number of aliphatic hydroxyl groups excluding tert-OH is 1. The molecule has 0 saturated carbocycles. The molecule has 1 aromatic rings. The van der Waals surface area contributed by atoms with Gasteiger partial charge in [-0.25, -0.2) is 4.98 Å². The monoisotopic (exact) mass is 341 g/mol. The molecule has 3 N–H and O–H groups in total. The van der Waals surface area contributed by atoms with Crippen LogP contribution in [0, 0.1) is 5.41 Å². The second-order valence-electron chi connectivity index (χ2n) is 5.96. The van der Waals surface area contributed by atoms with Crippen molar-refractivity contribution in [1.82, 2.24) is 14.5 Å².